The number of nitro groups is 1. The van der Waals surface area contributed by atoms with Gasteiger partial charge in [0.1, 0.15) is 0 Å². The van der Waals surface area contributed by atoms with Crippen molar-refractivity contribution in [3.63, 3.8) is 0 Å². The minimum Gasteiger partial charge on any atom is -0.477 e. The number of halogens is 4. The summed E-state index contributed by atoms with van der Waals surface area (Å²) < 4.78 is 52.1. The first kappa shape index (κ1) is 13.6. The number of carboxylic acids is 1. The Balaban J connectivity index is 3.53. The van der Waals surface area contributed by atoms with Crippen molar-refractivity contribution in [2.75, 3.05) is 0 Å². The van der Waals surface area contributed by atoms with Crippen molar-refractivity contribution in [2.45, 2.75) is 6.36 Å². The Morgan fingerprint density at radius 3 is 2.44 bits per heavy atom. The second kappa shape index (κ2) is 4.43. The van der Waals surface area contributed by atoms with E-state index >= 15 is 0 Å². The molecule has 0 aliphatic heterocycles. The summed E-state index contributed by atoms with van der Waals surface area (Å²) in [6.45, 7) is 0. The van der Waals surface area contributed by atoms with Crippen LogP contribution in [0.1, 0.15) is 10.4 Å². The lowest BCUT2D eigenvalue weighted by molar-refractivity contribution is -0.393. The SMILES string of the molecule is O=C(O)c1c(F)cnc([N+](=O)[O-])c1OC(F)(F)F. The first-order valence-corrected chi connectivity index (χ1v) is 3.95. The normalized spacial score (nSPS) is 11.1. The highest BCUT2D eigenvalue weighted by Gasteiger charge is 2.39. The van der Waals surface area contributed by atoms with E-state index in [9.17, 15) is 32.5 Å². The van der Waals surface area contributed by atoms with Gasteiger partial charge >= 0.3 is 18.1 Å². The molecular formula is C7H2F4N2O5. The van der Waals surface area contributed by atoms with Gasteiger partial charge in [0.15, 0.2) is 17.6 Å². The van der Waals surface area contributed by atoms with Gasteiger partial charge in [0.2, 0.25) is 5.75 Å². The van der Waals surface area contributed by atoms with E-state index in [1.807, 2.05) is 0 Å². The molecule has 1 rings (SSSR count). The van der Waals surface area contributed by atoms with E-state index in [-0.39, 0.29) is 6.20 Å². The zero-order valence-electron chi connectivity index (χ0n) is 8.06. The molecule has 0 saturated heterocycles. The molecule has 18 heavy (non-hydrogen) atoms. The molecule has 0 bridgehead atoms. The molecule has 0 radical (unpaired) electrons. The van der Waals surface area contributed by atoms with Crippen LogP contribution in [0.15, 0.2) is 6.20 Å². The van der Waals surface area contributed by atoms with E-state index in [1.54, 1.807) is 0 Å². The summed E-state index contributed by atoms with van der Waals surface area (Å²) in [5.74, 6) is -7.20. The fourth-order valence-corrected chi connectivity index (χ4v) is 1.00. The zero-order chi connectivity index (χ0) is 14.1. The van der Waals surface area contributed by atoms with Gasteiger partial charge in [-0.1, -0.05) is 0 Å². The van der Waals surface area contributed by atoms with Crippen LogP contribution in [0, 0.1) is 15.9 Å². The maximum atomic E-state index is 13.0. The van der Waals surface area contributed by atoms with Crippen LogP contribution in [0.2, 0.25) is 0 Å². The number of nitrogens with zero attached hydrogens (tertiary/aromatic N) is 2. The minimum atomic E-state index is -5.43. The summed E-state index contributed by atoms with van der Waals surface area (Å²) in [5.41, 5.74) is -1.62. The van der Waals surface area contributed by atoms with E-state index in [4.69, 9.17) is 5.11 Å². The lowest BCUT2D eigenvalue weighted by atomic mass is 10.2. The summed E-state index contributed by atoms with van der Waals surface area (Å²) in [6, 6.07) is 0. The van der Waals surface area contributed by atoms with Crippen LogP contribution in [-0.2, 0) is 0 Å². The van der Waals surface area contributed by atoms with Crippen molar-refractivity contribution in [1.29, 1.82) is 0 Å². The first-order chi connectivity index (χ1) is 8.13. The fourth-order valence-electron chi connectivity index (χ4n) is 1.00. The number of aromatic nitrogens is 1. The highest BCUT2D eigenvalue weighted by molar-refractivity contribution is 5.92. The van der Waals surface area contributed by atoms with Gasteiger partial charge in [-0.15, -0.1) is 13.2 Å². The number of hydrogen-bond donors (Lipinski definition) is 1. The molecule has 0 saturated carbocycles. The minimum absolute atomic E-state index is 0.116. The van der Waals surface area contributed by atoms with Gasteiger partial charge in [-0.05, 0) is 9.91 Å². The summed E-state index contributed by atoms with van der Waals surface area (Å²) in [6.07, 6.45) is -5.31. The summed E-state index contributed by atoms with van der Waals surface area (Å²) >= 11 is 0. The first-order valence-electron chi connectivity index (χ1n) is 3.95. The molecule has 1 N–H and O–H groups in total. The molecule has 0 fully saturated rings. The van der Waals surface area contributed by atoms with Gasteiger partial charge in [-0.2, -0.15) is 0 Å². The highest BCUT2D eigenvalue weighted by Crippen LogP contribution is 2.34. The molecule has 0 atom stereocenters. The predicted molar refractivity (Wildman–Crippen MR) is 44.5 cm³/mol. The number of carboxylic acid groups (broad SMARTS) is 1. The molecule has 0 aromatic carbocycles. The molecule has 0 spiro atoms. The van der Waals surface area contributed by atoms with E-state index in [0.717, 1.165) is 0 Å². The maximum absolute atomic E-state index is 13.0. The molecule has 1 heterocycles. The molecule has 0 aliphatic rings. The Hall–Kier alpha value is -2.46. The number of carbonyl (C=O) groups is 1. The van der Waals surface area contributed by atoms with Crippen LogP contribution in [-0.4, -0.2) is 27.3 Å². The summed E-state index contributed by atoms with van der Waals surface area (Å²) in [4.78, 5) is 22.3. The number of rotatable bonds is 3. The van der Waals surface area contributed by atoms with Crippen molar-refractivity contribution in [1.82, 2.24) is 4.98 Å². The maximum Gasteiger partial charge on any atom is 0.573 e. The number of pyridine rings is 1. The molecule has 1 aromatic rings. The van der Waals surface area contributed by atoms with Gasteiger partial charge in [0.05, 0.1) is 0 Å². The van der Waals surface area contributed by atoms with Gasteiger partial charge in [-0.3, -0.25) is 0 Å². The number of aromatic carboxylic acids is 1. The van der Waals surface area contributed by atoms with Gasteiger partial charge in [0, 0.05) is 0 Å². The van der Waals surface area contributed by atoms with Crippen molar-refractivity contribution in [2.24, 2.45) is 0 Å². The average Bonchev–Trinajstić information content (AvgIpc) is 2.13. The molecule has 98 valence electrons. The van der Waals surface area contributed by atoms with Crippen LogP contribution < -0.4 is 4.74 Å². The van der Waals surface area contributed by atoms with Crippen LogP contribution in [0.4, 0.5) is 23.4 Å². The van der Waals surface area contributed by atoms with E-state index in [2.05, 4.69) is 9.72 Å². The third kappa shape index (κ3) is 2.81. The van der Waals surface area contributed by atoms with Crippen LogP contribution in [0.25, 0.3) is 0 Å². The van der Waals surface area contributed by atoms with Crippen molar-refractivity contribution in [3.8, 4) is 5.75 Å². The topological polar surface area (TPSA) is 103 Å². The van der Waals surface area contributed by atoms with Crippen molar-refractivity contribution >= 4 is 11.8 Å². The second-order valence-electron chi connectivity index (χ2n) is 2.74. The van der Waals surface area contributed by atoms with Crippen LogP contribution >= 0.6 is 0 Å². The van der Waals surface area contributed by atoms with Crippen molar-refractivity contribution in [3.05, 3.63) is 27.7 Å². The smallest absolute Gasteiger partial charge is 0.477 e. The van der Waals surface area contributed by atoms with E-state index in [1.165, 1.54) is 0 Å². The van der Waals surface area contributed by atoms with Crippen molar-refractivity contribution < 1.29 is 37.1 Å². The highest BCUT2D eigenvalue weighted by atomic mass is 19.4. The molecular weight excluding hydrogens is 268 g/mol. The Kier molecular flexibility index (Phi) is 3.35. The zero-order valence-corrected chi connectivity index (χ0v) is 8.06. The molecule has 0 unspecified atom stereocenters. The van der Waals surface area contributed by atoms with Crippen LogP contribution in [0.5, 0.6) is 5.75 Å². The fraction of sp³-hybridized carbons (Fsp3) is 0.143. The average molecular weight is 270 g/mol. The molecule has 0 amide bonds. The van der Waals surface area contributed by atoms with Gasteiger partial charge in [-0.25, -0.2) is 9.18 Å². The van der Waals surface area contributed by atoms with Crippen LogP contribution in [0.3, 0.4) is 0 Å². The third-order valence-corrected chi connectivity index (χ3v) is 1.57. The molecule has 11 heteroatoms. The monoisotopic (exact) mass is 270 g/mol. The summed E-state index contributed by atoms with van der Waals surface area (Å²) in [5, 5.41) is 18.9. The number of alkyl halides is 3. The Bertz CT molecular complexity index is 515. The van der Waals surface area contributed by atoms with E-state index < -0.39 is 40.2 Å². The lowest BCUT2D eigenvalue weighted by Crippen LogP contribution is -2.21. The molecule has 7 nitrogen and oxygen atoms in total. The summed E-state index contributed by atoms with van der Waals surface area (Å²) in [7, 11) is 0. The number of ether oxygens (including phenoxy) is 1. The van der Waals surface area contributed by atoms with E-state index in [0.29, 0.717) is 0 Å². The Morgan fingerprint density at radius 1 is 1.50 bits per heavy atom. The quantitative estimate of drug-likeness (QED) is 0.509. The Labute approximate surface area is 94.8 Å². The standard InChI is InChI=1S/C7H2F4N2O5/c8-2-1-12-5(13(16)17)4(3(2)6(14)15)18-7(9,10)11/h1H,(H,14,15). The van der Waals surface area contributed by atoms with Gasteiger partial charge < -0.3 is 20.0 Å². The number of hydrogen-bond acceptors (Lipinski definition) is 5. The molecule has 1 aromatic heterocycles. The molecule has 0 aliphatic carbocycles. The third-order valence-electron chi connectivity index (χ3n) is 1.57. The lowest BCUT2D eigenvalue weighted by Gasteiger charge is -2.10. The Morgan fingerprint density at radius 2 is 2.06 bits per heavy atom. The van der Waals surface area contributed by atoms with Gasteiger partial charge in [0.25, 0.3) is 0 Å². The largest absolute Gasteiger partial charge is 0.573 e. The predicted octanol–water partition coefficient (Wildman–Crippen LogP) is 1.73. The second-order valence-corrected chi connectivity index (χ2v) is 2.74.